The van der Waals surface area contributed by atoms with Crippen LogP contribution < -0.4 is 10.6 Å². The number of anilines is 1. The van der Waals surface area contributed by atoms with E-state index in [9.17, 15) is 19.2 Å². The second-order valence-corrected chi connectivity index (χ2v) is 8.26. The summed E-state index contributed by atoms with van der Waals surface area (Å²) in [6.45, 7) is 1.91. The minimum atomic E-state index is -0.716. The number of carbonyl (C=O) groups excluding carboxylic acids is 4. The molecule has 4 rings (SSSR count). The fourth-order valence-corrected chi connectivity index (χ4v) is 4.26. The van der Waals surface area contributed by atoms with E-state index in [1.54, 1.807) is 31.2 Å². The highest BCUT2D eigenvalue weighted by Crippen LogP contribution is 2.28. The Morgan fingerprint density at radius 2 is 2.09 bits per heavy atom. The number of nitrogens with zero attached hydrogens (tertiary/aromatic N) is 2. The van der Waals surface area contributed by atoms with Crippen LogP contribution in [0.4, 0.5) is 10.5 Å². The van der Waals surface area contributed by atoms with Gasteiger partial charge in [0.15, 0.2) is 0 Å². The molecule has 0 aliphatic carbocycles. The minimum Gasteiger partial charge on any atom is -0.444 e. The average Bonchev–Trinajstić information content (AvgIpc) is 3.08. The molecule has 1 unspecified atom stereocenters. The summed E-state index contributed by atoms with van der Waals surface area (Å²) in [5.74, 6) is -1.10. The fraction of sp³-hybridized carbons (Fsp3) is 0.261. The van der Waals surface area contributed by atoms with Crippen molar-refractivity contribution in [2.24, 2.45) is 0 Å². The molecule has 0 spiro atoms. The molecule has 0 saturated carbocycles. The Morgan fingerprint density at radius 3 is 2.79 bits per heavy atom. The van der Waals surface area contributed by atoms with Crippen molar-refractivity contribution in [1.29, 1.82) is 5.26 Å². The number of hydrogen-bond donors (Lipinski definition) is 2. The van der Waals surface area contributed by atoms with Gasteiger partial charge >= 0.3 is 6.09 Å². The van der Waals surface area contributed by atoms with Crippen LogP contribution in [0.5, 0.6) is 0 Å². The van der Waals surface area contributed by atoms with Gasteiger partial charge in [-0.25, -0.2) is 4.79 Å². The molecule has 2 aliphatic rings. The third-order valence-electron chi connectivity index (χ3n) is 5.61. The van der Waals surface area contributed by atoms with Crippen molar-refractivity contribution in [2.75, 3.05) is 5.32 Å². The number of imide groups is 1. The molecule has 9 nitrogen and oxygen atoms in total. The predicted octanol–water partition coefficient (Wildman–Crippen LogP) is 3.03. The van der Waals surface area contributed by atoms with Gasteiger partial charge in [0.05, 0.1) is 10.6 Å². The Kier molecular flexibility index (Phi) is 6.03. The Labute approximate surface area is 194 Å². The van der Waals surface area contributed by atoms with Crippen LogP contribution in [-0.2, 0) is 27.5 Å². The Bertz CT molecular complexity index is 1210. The molecular weight excluding hydrogens is 448 g/mol. The lowest BCUT2D eigenvalue weighted by Gasteiger charge is -2.29. The molecule has 4 amide bonds. The van der Waals surface area contributed by atoms with E-state index in [0.29, 0.717) is 34.4 Å². The number of piperidine rings is 1. The Morgan fingerprint density at radius 1 is 1.30 bits per heavy atom. The summed E-state index contributed by atoms with van der Waals surface area (Å²) in [4.78, 5) is 50.1. The van der Waals surface area contributed by atoms with E-state index in [0.717, 1.165) is 5.56 Å². The molecule has 33 heavy (non-hydrogen) atoms. The van der Waals surface area contributed by atoms with Crippen LogP contribution in [0, 0.1) is 18.3 Å². The Hall–Kier alpha value is -3.90. The molecule has 2 aromatic carbocycles. The quantitative estimate of drug-likeness (QED) is 0.666. The molecule has 168 valence electrons. The number of carbonyl (C=O) groups is 4. The second-order valence-electron chi connectivity index (χ2n) is 7.85. The molecule has 1 fully saturated rings. The molecule has 1 atom stereocenters. The lowest BCUT2D eigenvalue weighted by Crippen LogP contribution is -2.52. The summed E-state index contributed by atoms with van der Waals surface area (Å²) in [6.07, 6.45) is -0.235. The van der Waals surface area contributed by atoms with Crippen molar-refractivity contribution < 1.29 is 23.9 Å². The van der Waals surface area contributed by atoms with E-state index in [4.69, 9.17) is 21.6 Å². The SMILES string of the molecule is Cc1cc(NC(=O)OCc2ccc3c(c2)C(=O)N(C2CCC(=O)NC2=O)C3)cc(Cl)c1C#N. The molecule has 0 radical (unpaired) electrons. The second kappa shape index (κ2) is 8.92. The maximum Gasteiger partial charge on any atom is 0.411 e. The summed E-state index contributed by atoms with van der Waals surface area (Å²) in [5.41, 5.74) is 3.17. The number of hydrogen-bond acceptors (Lipinski definition) is 6. The highest BCUT2D eigenvalue weighted by molar-refractivity contribution is 6.32. The highest BCUT2D eigenvalue weighted by Gasteiger charge is 2.39. The lowest BCUT2D eigenvalue weighted by molar-refractivity contribution is -0.136. The summed E-state index contributed by atoms with van der Waals surface area (Å²) in [5, 5.41) is 14.1. The first-order valence-electron chi connectivity index (χ1n) is 10.2. The van der Waals surface area contributed by atoms with Gasteiger partial charge in [-0.1, -0.05) is 23.7 Å². The smallest absolute Gasteiger partial charge is 0.411 e. The highest BCUT2D eigenvalue weighted by atomic mass is 35.5. The van der Waals surface area contributed by atoms with Crippen LogP contribution in [0.3, 0.4) is 0 Å². The van der Waals surface area contributed by atoms with Gasteiger partial charge in [-0.05, 0) is 48.2 Å². The van der Waals surface area contributed by atoms with Crippen LogP contribution in [0.1, 0.15) is 45.5 Å². The minimum absolute atomic E-state index is 0.0756. The van der Waals surface area contributed by atoms with Gasteiger partial charge in [0, 0.05) is 24.2 Å². The topological polar surface area (TPSA) is 129 Å². The van der Waals surface area contributed by atoms with Crippen LogP contribution in [0.15, 0.2) is 30.3 Å². The van der Waals surface area contributed by atoms with E-state index in [1.807, 2.05) is 6.07 Å². The standard InChI is InChI=1S/C23H19ClN4O5/c1-12-6-15(8-18(24)17(12)9-25)26-23(32)33-11-13-2-3-14-10-28(22(31)16(14)7-13)19-4-5-20(29)27-21(19)30/h2-3,6-8,19H,4-5,10-11H2,1H3,(H,26,32)(H,27,29,30). The lowest BCUT2D eigenvalue weighted by atomic mass is 10.0. The number of aryl methyl sites for hydroxylation is 1. The number of halogens is 1. The molecule has 0 bridgehead atoms. The number of nitriles is 1. The first kappa shape index (κ1) is 22.3. The van der Waals surface area contributed by atoms with Crippen molar-refractivity contribution in [2.45, 2.75) is 39.0 Å². The number of ether oxygens (including phenoxy) is 1. The first-order chi connectivity index (χ1) is 15.8. The van der Waals surface area contributed by atoms with Crippen LogP contribution in [0.2, 0.25) is 5.02 Å². The zero-order chi connectivity index (χ0) is 23.7. The predicted molar refractivity (Wildman–Crippen MR) is 117 cm³/mol. The zero-order valence-corrected chi connectivity index (χ0v) is 18.4. The summed E-state index contributed by atoms with van der Waals surface area (Å²) in [6, 6.07) is 9.54. The van der Waals surface area contributed by atoms with Crippen LogP contribution >= 0.6 is 11.6 Å². The van der Waals surface area contributed by atoms with Gasteiger partial charge in [-0.15, -0.1) is 0 Å². The van der Waals surface area contributed by atoms with Crippen molar-refractivity contribution in [1.82, 2.24) is 10.2 Å². The van der Waals surface area contributed by atoms with Gasteiger partial charge in [0.2, 0.25) is 11.8 Å². The molecule has 1 saturated heterocycles. The first-order valence-corrected chi connectivity index (χ1v) is 10.5. The molecule has 2 aliphatic heterocycles. The summed E-state index contributed by atoms with van der Waals surface area (Å²) < 4.78 is 5.25. The number of benzene rings is 2. The van der Waals surface area contributed by atoms with Crippen molar-refractivity contribution in [3.63, 3.8) is 0 Å². The largest absolute Gasteiger partial charge is 0.444 e. The maximum absolute atomic E-state index is 12.9. The summed E-state index contributed by atoms with van der Waals surface area (Å²) >= 11 is 6.05. The summed E-state index contributed by atoms with van der Waals surface area (Å²) in [7, 11) is 0. The van der Waals surface area contributed by atoms with Crippen molar-refractivity contribution in [3.8, 4) is 6.07 Å². The average molecular weight is 467 g/mol. The van der Waals surface area contributed by atoms with Gasteiger partial charge in [0.25, 0.3) is 5.91 Å². The third kappa shape index (κ3) is 4.52. The van der Waals surface area contributed by atoms with E-state index in [1.165, 1.54) is 11.0 Å². The molecular formula is C23H19ClN4O5. The van der Waals surface area contributed by atoms with E-state index in [-0.39, 0.29) is 36.4 Å². The van der Waals surface area contributed by atoms with E-state index < -0.39 is 18.0 Å². The molecule has 2 aromatic rings. The molecule has 2 N–H and O–H groups in total. The van der Waals surface area contributed by atoms with Gasteiger partial charge in [-0.3, -0.25) is 25.0 Å². The van der Waals surface area contributed by atoms with Crippen LogP contribution in [0.25, 0.3) is 0 Å². The number of rotatable bonds is 4. The molecule has 10 heteroatoms. The van der Waals surface area contributed by atoms with Crippen LogP contribution in [-0.4, -0.2) is 34.8 Å². The molecule has 0 aromatic heterocycles. The normalized spacial score (nSPS) is 17.3. The zero-order valence-electron chi connectivity index (χ0n) is 17.6. The van der Waals surface area contributed by atoms with Gasteiger partial charge in [-0.2, -0.15) is 5.26 Å². The number of amides is 4. The van der Waals surface area contributed by atoms with Crippen molar-refractivity contribution >= 4 is 41.1 Å². The van der Waals surface area contributed by atoms with Crippen molar-refractivity contribution in [3.05, 3.63) is 63.2 Å². The fourth-order valence-electron chi connectivity index (χ4n) is 3.95. The molecule has 2 heterocycles. The maximum atomic E-state index is 12.9. The number of nitrogens with one attached hydrogen (secondary N) is 2. The van der Waals surface area contributed by atoms with Gasteiger partial charge in [0.1, 0.15) is 18.7 Å². The monoisotopic (exact) mass is 466 g/mol. The number of fused-ring (bicyclic) bond motifs is 1. The van der Waals surface area contributed by atoms with Gasteiger partial charge < -0.3 is 9.64 Å². The Balaban J connectivity index is 1.39. The van der Waals surface area contributed by atoms with E-state index >= 15 is 0 Å². The third-order valence-corrected chi connectivity index (χ3v) is 5.91. The van der Waals surface area contributed by atoms with E-state index in [2.05, 4.69) is 10.6 Å².